The minimum Gasteiger partial charge on any atom is -0.309 e. The Labute approximate surface area is 126 Å². The van der Waals surface area contributed by atoms with Crippen molar-refractivity contribution in [2.75, 3.05) is 0 Å². The van der Waals surface area contributed by atoms with Crippen LogP contribution in [0.1, 0.15) is 30.1 Å². The summed E-state index contributed by atoms with van der Waals surface area (Å²) in [5.41, 5.74) is 1.13. The van der Waals surface area contributed by atoms with Crippen molar-refractivity contribution in [2.24, 2.45) is 7.05 Å². The third-order valence-electron chi connectivity index (χ3n) is 3.16. The molecule has 0 radical (unpaired) electrons. The van der Waals surface area contributed by atoms with Crippen LogP contribution >= 0.6 is 35.0 Å². The molecule has 1 aromatic carbocycles. The number of benzene rings is 1. The Bertz CT molecular complexity index is 608. The molecule has 100 valence electrons. The zero-order chi connectivity index (χ0) is 13.4. The van der Waals surface area contributed by atoms with E-state index in [4.69, 9.17) is 23.2 Å². The Hall–Kier alpha value is -0.710. The molecule has 19 heavy (non-hydrogen) atoms. The molecule has 2 aromatic rings. The lowest BCUT2D eigenvalue weighted by Gasteiger charge is -2.04. The van der Waals surface area contributed by atoms with Crippen LogP contribution in [0.15, 0.2) is 23.4 Å². The molecule has 0 unspecified atom stereocenters. The van der Waals surface area contributed by atoms with Gasteiger partial charge in [0, 0.05) is 18.7 Å². The van der Waals surface area contributed by atoms with Gasteiger partial charge in [0.05, 0.1) is 10.0 Å². The van der Waals surface area contributed by atoms with Crippen molar-refractivity contribution in [3.8, 4) is 0 Å². The molecule has 1 heterocycles. The van der Waals surface area contributed by atoms with Gasteiger partial charge in [0.1, 0.15) is 5.82 Å². The van der Waals surface area contributed by atoms with Gasteiger partial charge in [-0.15, -0.1) is 10.2 Å². The molecule has 1 aromatic heterocycles. The van der Waals surface area contributed by atoms with E-state index in [1.165, 1.54) is 12.8 Å². The second kappa shape index (κ2) is 5.35. The van der Waals surface area contributed by atoms with Gasteiger partial charge in [-0.3, -0.25) is 0 Å². The summed E-state index contributed by atoms with van der Waals surface area (Å²) in [7, 11) is 2.03. The predicted octanol–water partition coefficient (Wildman–Crippen LogP) is 4.29. The van der Waals surface area contributed by atoms with Crippen LogP contribution in [0, 0.1) is 0 Å². The second-order valence-electron chi connectivity index (χ2n) is 4.71. The monoisotopic (exact) mass is 313 g/mol. The number of thioether (sulfide) groups is 1. The Kier molecular flexibility index (Phi) is 3.74. The number of rotatable bonds is 4. The van der Waals surface area contributed by atoms with E-state index < -0.39 is 0 Å². The molecule has 6 heteroatoms. The molecule has 0 aliphatic heterocycles. The van der Waals surface area contributed by atoms with Crippen LogP contribution in [0.4, 0.5) is 0 Å². The lowest BCUT2D eigenvalue weighted by atomic mass is 10.2. The van der Waals surface area contributed by atoms with E-state index >= 15 is 0 Å². The first-order valence-electron chi connectivity index (χ1n) is 6.11. The average Bonchev–Trinajstić information content (AvgIpc) is 3.16. The minimum atomic E-state index is 0.588. The van der Waals surface area contributed by atoms with Gasteiger partial charge in [0.15, 0.2) is 5.16 Å². The Balaban J connectivity index is 1.70. The number of nitrogens with zero attached hydrogens (tertiary/aromatic N) is 3. The van der Waals surface area contributed by atoms with Gasteiger partial charge in [-0.2, -0.15) is 0 Å². The fourth-order valence-electron chi connectivity index (χ4n) is 1.93. The van der Waals surface area contributed by atoms with Crippen molar-refractivity contribution >= 4 is 35.0 Å². The number of hydrogen-bond acceptors (Lipinski definition) is 3. The molecule has 1 aliphatic carbocycles. The van der Waals surface area contributed by atoms with Gasteiger partial charge in [-0.05, 0) is 30.5 Å². The van der Waals surface area contributed by atoms with E-state index in [0.29, 0.717) is 16.0 Å². The maximum atomic E-state index is 6.01. The zero-order valence-corrected chi connectivity index (χ0v) is 12.8. The highest BCUT2D eigenvalue weighted by Gasteiger charge is 2.29. The van der Waals surface area contributed by atoms with Gasteiger partial charge in [-0.1, -0.05) is 41.0 Å². The molecule has 0 bridgehead atoms. The highest BCUT2D eigenvalue weighted by atomic mass is 35.5. The lowest BCUT2D eigenvalue weighted by molar-refractivity contribution is 0.736. The quantitative estimate of drug-likeness (QED) is 0.789. The van der Waals surface area contributed by atoms with E-state index in [2.05, 4.69) is 14.8 Å². The summed E-state index contributed by atoms with van der Waals surface area (Å²) < 4.78 is 2.10. The predicted molar refractivity (Wildman–Crippen MR) is 79.0 cm³/mol. The van der Waals surface area contributed by atoms with Crippen LogP contribution in [-0.4, -0.2) is 14.8 Å². The van der Waals surface area contributed by atoms with Crippen LogP contribution in [-0.2, 0) is 12.8 Å². The molecule has 1 aliphatic rings. The molecule has 3 nitrogen and oxygen atoms in total. The van der Waals surface area contributed by atoms with E-state index in [-0.39, 0.29) is 0 Å². The smallest absolute Gasteiger partial charge is 0.191 e. The number of hydrogen-bond donors (Lipinski definition) is 0. The summed E-state index contributed by atoms with van der Waals surface area (Å²) in [6, 6.07) is 5.71. The van der Waals surface area contributed by atoms with Gasteiger partial charge in [0.25, 0.3) is 0 Å². The first-order chi connectivity index (χ1) is 9.15. The summed E-state index contributed by atoms with van der Waals surface area (Å²) in [4.78, 5) is 0. The Morgan fingerprint density at radius 3 is 2.74 bits per heavy atom. The second-order valence-corrected chi connectivity index (χ2v) is 6.47. The molecule has 0 atom stereocenters. The molecule has 1 fully saturated rings. The van der Waals surface area contributed by atoms with Crippen molar-refractivity contribution in [1.29, 1.82) is 0 Å². The summed E-state index contributed by atoms with van der Waals surface area (Å²) in [5, 5.41) is 10.6. The van der Waals surface area contributed by atoms with Crippen molar-refractivity contribution in [3.05, 3.63) is 39.6 Å². The third kappa shape index (κ3) is 2.91. The molecule has 0 spiro atoms. The summed E-state index contributed by atoms with van der Waals surface area (Å²) in [6.07, 6.45) is 2.48. The first-order valence-corrected chi connectivity index (χ1v) is 7.85. The topological polar surface area (TPSA) is 30.7 Å². The van der Waals surface area contributed by atoms with Crippen LogP contribution in [0.3, 0.4) is 0 Å². The van der Waals surface area contributed by atoms with Crippen molar-refractivity contribution < 1.29 is 0 Å². The van der Waals surface area contributed by atoms with Crippen molar-refractivity contribution in [3.63, 3.8) is 0 Å². The standard InChI is InChI=1S/C13H13Cl2N3S/c1-18-12(9-3-4-9)16-17-13(18)19-7-8-2-5-10(14)11(15)6-8/h2,5-6,9H,3-4,7H2,1H3. The summed E-state index contributed by atoms with van der Waals surface area (Å²) >= 11 is 13.6. The van der Waals surface area contributed by atoms with Gasteiger partial charge >= 0.3 is 0 Å². The van der Waals surface area contributed by atoms with Crippen molar-refractivity contribution in [2.45, 2.75) is 29.7 Å². The summed E-state index contributed by atoms with van der Waals surface area (Å²) in [5.74, 6) is 2.54. The molecule has 0 saturated heterocycles. The normalized spacial score (nSPS) is 14.9. The third-order valence-corrected chi connectivity index (χ3v) is 4.99. The molecular weight excluding hydrogens is 301 g/mol. The maximum absolute atomic E-state index is 6.01. The zero-order valence-electron chi connectivity index (χ0n) is 10.4. The molecular formula is C13H13Cl2N3S. The van der Waals surface area contributed by atoms with Crippen molar-refractivity contribution in [1.82, 2.24) is 14.8 Å². The first kappa shape index (κ1) is 13.3. The number of aromatic nitrogens is 3. The Morgan fingerprint density at radius 1 is 1.26 bits per heavy atom. The fraction of sp³-hybridized carbons (Fsp3) is 0.385. The van der Waals surface area contributed by atoms with Crippen LogP contribution in [0.5, 0.6) is 0 Å². The largest absolute Gasteiger partial charge is 0.309 e. The molecule has 1 saturated carbocycles. The van der Waals surface area contributed by atoms with Crippen LogP contribution in [0.25, 0.3) is 0 Å². The van der Waals surface area contributed by atoms with Crippen LogP contribution < -0.4 is 0 Å². The van der Waals surface area contributed by atoms with E-state index in [1.54, 1.807) is 11.8 Å². The van der Waals surface area contributed by atoms with Gasteiger partial charge < -0.3 is 4.57 Å². The molecule has 0 N–H and O–H groups in total. The highest BCUT2D eigenvalue weighted by molar-refractivity contribution is 7.98. The lowest BCUT2D eigenvalue weighted by Crippen LogP contribution is -1.97. The minimum absolute atomic E-state index is 0.588. The maximum Gasteiger partial charge on any atom is 0.191 e. The fourth-order valence-corrected chi connectivity index (χ4v) is 3.11. The molecule has 0 amide bonds. The number of halogens is 2. The van der Waals surface area contributed by atoms with Gasteiger partial charge in [-0.25, -0.2) is 0 Å². The van der Waals surface area contributed by atoms with Gasteiger partial charge in [0.2, 0.25) is 0 Å². The highest BCUT2D eigenvalue weighted by Crippen LogP contribution is 2.39. The molecule has 3 rings (SSSR count). The summed E-state index contributed by atoms with van der Waals surface area (Å²) in [6.45, 7) is 0. The van der Waals surface area contributed by atoms with E-state index in [1.807, 2.05) is 25.2 Å². The van der Waals surface area contributed by atoms with E-state index in [9.17, 15) is 0 Å². The Morgan fingerprint density at radius 2 is 2.05 bits per heavy atom. The van der Waals surface area contributed by atoms with Crippen LogP contribution in [0.2, 0.25) is 10.0 Å². The van der Waals surface area contributed by atoms with E-state index in [0.717, 1.165) is 22.3 Å². The average molecular weight is 314 g/mol. The SMILES string of the molecule is Cn1c(SCc2ccc(Cl)c(Cl)c2)nnc1C1CC1.